The van der Waals surface area contributed by atoms with Gasteiger partial charge in [-0.05, 0) is 16.2 Å². The summed E-state index contributed by atoms with van der Waals surface area (Å²) in [6.45, 7) is 31.4. The molecule has 0 aliphatic carbocycles. The van der Waals surface area contributed by atoms with Crippen molar-refractivity contribution in [2.75, 3.05) is 0 Å². The van der Waals surface area contributed by atoms with Gasteiger partial charge in [0, 0.05) is 0 Å². The first-order chi connectivity index (χ1) is 9.18. The van der Waals surface area contributed by atoms with E-state index in [1.165, 1.54) is 19.3 Å². The van der Waals surface area contributed by atoms with Crippen molar-refractivity contribution in [2.45, 2.75) is 101 Å². The predicted molar refractivity (Wildman–Crippen MR) is 102 cm³/mol. The van der Waals surface area contributed by atoms with Crippen molar-refractivity contribution in [3.63, 3.8) is 0 Å². The van der Waals surface area contributed by atoms with Crippen molar-refractivity contribution in [1.29, 1.82) is 0 Å². The molecule has 0 aromatic carbocycles. The minimum absolute atomic E-state index is 0. The standard InChI is InChI=1S/3C7H15.Y/c3*1-5-6-7(2,3)4;/h3*1,5-6H2,2-4H3;/q3*-1;+3. The van der Waals surface area contributed by atoms with Gasteiger partial charge in [-0.1, -0.05) is 81.6 Å². The van der Waals surface area contributed by atoms with E-state index in [1.54, 1.807) is 0 Å². The van der Waals surface area contributed by atoms with Crippen molar-refractivity contribution in [1.82, 2.24) is 0 Å². The summed E-state index contributed by atoms with van der Waals surface area (Å²) in [5, 5.41) is 0. The quantitative estimate of drug-likeness (QED) is 0.432. The molecule has 0 bridgehead atoms. The molecule has 0 saturated carbocycles. The molecule has 0 saturated heterocycles. The van der Waals surface area contributed by atoms with E-state index in [4.69, 9.17) is 0 Å². The molecule has 0 unspecified atom stereocenters. The molecule has 0 nitrogen and oxygen atoms in total. The van der Waals surface area contributed by atoms with E-state index in [1.807, 2.05) is 0 Å². The van der Waals surface area contributed by atoms with Crippen LogP contribution < -0.4 is 0 Å². The van der Waals surface area contributed by atoms with Gasteiger partial charge in [-0.2, -0.15) is 19.3 Å². The Bertz CT molecular complexity index is 159. The Hall–Kier alpha value is 1.10. The van der Waals surface area contributed by atoms with Gasteiger partial charge in [-0.15, -0.1) is 0 Å². The van der Waals surface area contributed by atoms with Crippen LogP contribution in [0, 0.1) is 37.0 Å². The third-order valence-corrected chi connectivity index (χ3v) is 2.78. The first-order valence-corrected chi connectivity index (χ1v) is 8.56. The van der Waals surface area contributed by atoms with Crippen molar-refractivity contribution >= 4 is 0 Å². The minimum Gasteiger partial charge on any atom is -0.343 e. The largest absolute Gasteiger partial charge is 3.00 e. The molecule has 0 rings (SSSR count). The van der Waals surface area contributed by atoms with Crippen LogP contribution in [0.5, 0.6) is 0 Å². The van der Waals surface area contributed by atoms with Crippen molar-refractivity contribution in [3.8, 4) is 0 Å². The summed E-state index contributed by atoms with van der Waals surface area (Å²) in [6.07, 6.45) is 6.86. The second-order valence-corrected chi connectivity index (χ2v) is 9.49. The molecule has 0 spiro atoms. The van der Waals surface area contributed by atoms with E-state index < -0.39 is 0 Å². The van der Waals surface area contributed by atoms with Crippen LogP contribution in [0.1, 0.15) is 101 Å². The molecule has 0 N–H and O–H groups in total. The maximum atomic E-state index is 3.77. The molecule has 132 valence electrons. The molecule has 0 amide bonds. The maximum absolute atomic E-state index is 3.77. The molecule has 0 aromatic rings. The average Bonchev–Trinajstić information content (AvgIpc) is 2.12. The minimum atomic E-state index is 0. The summed E-state index contributed by atoms with van der Waals surface area (Å²) < 4.78 is 0. The molecule has 22 heavy (non-hydrogen) atoms. The SMILES string of the molecule is [CH2-]CCC(C)(C)C.[CH2-]CCC(C)(C)C.[CH2-]CCC(C)(C)C.[Y+3]. The van der Waals surface area contributed by atoms with Crippen LogP contribution in [0.15, 0.2) is 0 Å². The van der Waals surface area contributed by atoms with Crippen LogP contribution >= 0.6 is 0 Å². The second-order valence-electron chi connectivity index (χ2n) is 9.49. The Morgan fingerprint density at radius 1 is 0.455 bits per heavy atom. The number of hydrogen-bond donors (Lipinski definition) is 0. The zero-order valence-corrected chi connectivity index (χ0v) is 20.3. The smallest absolute Gasteiger partial charge is 0.343 e. The van der Waals surface area contributed by atoms with Gasteiger partial charge < -0.3 is 20.8 Å². The van der Waals surface area contributed by atoms with Gasteiger partial charge in [-0.3, -0.25) is 0 Å². The molecule has 0 radical (unpaired) electrons. The normalized spacial score (nSPS) is 11.5. The summed E-state index contributed by atoms with van der Waals surface area (Å²) in [6, 6.07) is 0. The molecule has 0 aromatic heterocycles. The van der Waals surface area contributed by atoms with Crippen molar-refractivity contribution in [2.24, 2.45) is 16.2 Å². The van der Waals surface area contributed by atoms with E-state index in [0.717, 1.165) is 19.3 Å². The van der Waals surface area contributed by atoms with Gasteiger partial charge in [0.25, 0.3) is 0 Å². The predicted octanol–water partition coefficient (Wildman–Crippen LogP) is 7.94. The van der Waals surface area contributed by atoms with Crippen LogP contribution in [0.25, 0.3) is 0 Å². The summed E-state index contributed by atoms with van der Waals surface area (Å²) in [4.78, 5) is 0. The van der Waals surface area contributed by atoms with Crippen molar-refractivity contribution < 1.29 is 32.7 Å². The van der Waals surface area contributed by atoms with E-state index in [2.05, 4.69) is 83.1 Å². The van der Waals surface area contributed by atoms with Crippen LogP contribution in [0.3, 0.4) is 0 Å². The first-order valence-electron chi connectivity index (χ1n) is 8.56. The summed E-state index contributed by atoms with van der Waals surface area (Å²) >= 11 is 0. The topological polar surface area (TPSA) is 0 Å². The van der Waals surface area contributed by atoms with E-state index in [9.17, 15) is 0 Å². The molecule has 1 heteroatoms. The Kier molecular flexibility index (Phi) is 22.0. The van der Waals surface area contributed by atoms with E-state index in [-0.39, 0.29) is 32.7 Å². The van der Waals surface area contributed by atoms with Gasteiger partial charge in [0.15, 0.2) is 0 Å². The Labute approximate surface area is 169 Å². The Morgan fingerprint density at radius 2 is 0.591 bits per heavy atom. The summed E-state index contributed by atoms with van der Waals surface area (Å²) in [5.74, 6) is 0. The van der Waals surface area contributed by atoms with Crippen LogP contribution in [0.4, 0.5) is 0 Å². The molecule has 0 aliphatic rings. The summed E-state index contributed by atoms with van der Waals surface area (Å²) in [7, 11) is 0. The maximum Gasteiger partial charge on any atom is 3.00 e. The monoisotopic (exact) mass is 386 g/mol. The van der Waals surface area contributed by atoms with Gasteiger partial charge in [0.2, 0.25) is 0 Å². The molecule has 0 fully saturated rings. The summed E-state index contributed by atoms with van der Waals surface area (Å²) in [5.41, 5.74) is 1.46. The van der Waals surface area contributed by atoms with Gasteiger partial charge in [0.1, 0.15) is 0 Å². The molecule has 0 aliphatic heterocycles. The number of hydrogen-bond acceptors (Lipinski definition) is 0. The molecule has 0 atom stereocenters. The molecular formula is C21H45Y. The fourth-order valence-corrected chi connectivity index (χ4v) is 1.59. The first kappa shape index (κ1) is 30.9. The van der Waals surface area contributed by atoms with Crippen LogP contribution in [-0.2, 0) is 32.7 Å². The van der Waals surface area contributed by atoms with Crippen LogP contribution in [0.2, 0.25) is 0 Å². The zero-order chi connectivity index (χ0) is 17.7. The fourth-order valence-electron chi connectivity index (χ4n) is 1.59. The Balaban J connectivity index is -0.000000108. The third kappa shape index (κ3) is 49.7. The van der Waals surface area contributed by atoms with Crippen LogP contribution in [-0.4, -0.2) is 0 Å². The average molecular weight is 386 g/mol. The Morgan fingerprint density at radius 3 is 0.591 bits per heavy atom. The van der Waals surface area contributed by atoms with Gasteiger partial charge in [0.05, 0.1) is 0 Å². The zero-order valence-electron chi connectivity index (χ0n) is 17.4. The van der Waals surface area contributed by atoms with Gasteiger partial charge in [-0.25, -0.2) is 0 Å². The number of rotatable bonds is 3. The van der Waals surface area contributed by atoms with E-state index >= 15 is 0 Å². The van der Waals surface area contributed by atoms with Gasteiger partial charge >= 0.3 is 32.7 Å². The van der Waals surface area contributed by atoms with E-state index in [0.29, 0.717) is 16.2 Å². The molecular weight excluding hydrogens is 341 g/mol. The molecule has 0 heterocycles. The second kappa shape index (κ2) is 15.6. The third-order valence-electron chi connectivity index (χ3n) is 2.78. The fraction of sp³-hybridized carbons (Fsp3) is 0.857. The van der Waals surface area contributed by atoms with Crippen molar-refractivity contribution in [3.05, 3.63) is 20.8 Å².